The molecular weight excluding hydrogens is 300 g/mol. The van der Waals surface area contributed by atoms with Crippen LogP contribution in [0.15, 0.2) is 0 Å². The standard InChI is InChI=1S/C21H36O3/c1-19-11-13(12-22)18(23)10-14(19)4-5-15-16(19)6-8-20(2)17(15)7-9-21(20,3)24/h13-18,22-24H,4-12H2,1-3H3/t13-,14-,15-,16+,17+,18-,19+,20+,21+/m1/s1. The summed E-state index contributed by atoms with van der Waals surface area (Å²) in [7, 11) is 0. The Balaban J connectivity index is 1.63. The first-order chi connectivity index (χ1) is 11.2. The van der Waals surface area contributed by atoms with E-state index < -0.39 is 5.60 Å². The highest BCUT2D eigenvalue weighted by Gasteiger charge is 2.63. The number of rotatable bonds is 1. The van der Waals surface area contributed by atoms with Crippen LogP contribution in [-0.4, -0.2) is 33.6 Å². The average molecular weight is 337 g/mol. The van der Waals surface area contributed by atoms with Gasteiger partial charge in [-0.25, -0.2) is 0 Å². The normalized spacial score (nSPS) is 60.2. The van der Waals surface area contributed by atoms with E-state index in [9.17, 15) is 15.3 Å². The predicted octanol–water partition coefficient (Wildman–Crippen LogP) is 3.36. The zero-order valence-electron chi connectivity index (χ0n) is 15.7. The molecular formula is C21H36O3. The molecule has 0 amide bonds. The van der Waals surface area contributed by atoms with E-state index in [2.05, 4.69) is 20.8 Å². The number of hydrogen-bond acceptors (Lipinski definition) is 3. The molecule has 0 aliphatic heterocycles. The second kappa shape index (κ2) is 5.44. The van der Waals surface area contributed by atoms with Crippen molar-refractivity contribution in [3.8, 4) is 0 Å². The molecule has 0 aromatic rings. The van der Waals surface area contributed by atoms with Crippen LogP contribution >= 0.6 is 0 Å². The molecule has 3 heteroatoms. The van der Waals surface area contributed by atoms with Crippen LogP contribution in [0.2, 0.25) is 0 Å². The first kappa shape index (κ1) is 17.3. The van der Waals surface area contributed by atoms with Crippen molar-refractivity contribution in [2.45, 2.75) is 83.8 Å². The Bertz CT molecular complexity index is 503. The molecule has 4 fully saturated rings. The quantitative estimate of drug-likeness (QED) is 0.688. The van der Waals surface area contributed by atoms with E-state index in [1.807, 2.05) is 0 Å². The maximum Gasteiger partial charge on any atom is 0.0675 e. The van der Waals surface area contributed by atoms with E-state index >= 15 is 0 Å². The Hall–Kier alpha value is -0.120. The summed E-state index contributed by atoms with van der Waals surface area (Å²) >= 11 is 0. The summed E-state index contributed by atoms with van der Waals surface area (Å²) in [5.41, 5.74) is -0.149. The Morgan fingerprint density at radius 1 is 0.958 bits per heavy atom. The Labute approximate surface area is 146 Å². The van der Waals surface area contributed by atoms with Gasteiger partial charge >= 0.3 is 0 Å². The molecule has 0 saturated heterocycles. The molecule has 0 bridgehead atoms. The van der Waals surface area contributed by atoms with Gasteiger partial charge in [0, 0.05) is 12.5 Å². The van der Waals surface area contributed by atoms with E-state index in [-0.39, 0.29) is 29.5 Å². The first-order valence-electron chi connectivity index (χ1n) is 10.2. The number of aliphatic hydroxyl groups is 3. The molecule has 9 atom stereocenters. The van der Waals surface area contributed by atoms with Crippen LogP contribution in [0.4, 0.5) is 0 Å². The minimum Gasteiger partial charge on any atom is -0.396 e. The van der Waals surface area contributed by atoms with Crippen LogP contribution in [0.1, 0.15) is 72.1 Å². The molecule has 138 valence electrons. The Kier molecular flexibility index (Phi) is 3.92. The summed E-state index contributed by atoms with van der Waals surface area (Å²) in [4.78, 5) is 0. The zero-order chi connectivity index (χ0) is 17.3. The van der Waals surface area contributed by atoms with E-state index in [0.29, 0.717) is 17.8 Å². The van der Waals surface area contributed by atoms with Crippen molar-refractivity contribution in [1.82, 2.24) is 0 Å². The van der Waals surface area contributed by atoms with E-state index in [1.165, 1.54) is 25.7 Å². The number of fused-ring (bicyclic) bond motifs is 5. The summed E-state index contributed by atoms with van der Waals surface area (Å²) < 4.78 is 0. The van der Waals surface area contributed by atoms with E-state index in [0.717, 1.165) is 31.6 Å². The Morgan fingerprint density at radius 3 is 2.38 bits per heavy atom. The smallest absolute Gasteiger partial charge is 0.0675 e. The summed E-state index contributed by atoms with van der Waals surface area (Å²) in [6.45, 7) is 6.99. The van der Waals surface area contributed by atoms with Gasteiger partial charge in [-0.05, 0) is 92.8 Å². The first-order valence-corrected chi connectivity index (χ1v) is 10.2. The van der Waals surface area contributed by atoms with Crippen molar-refractivity contribution < 1.29 is 15.3 Å². The van der Waals surface area contributed by atoms with Gasteiger partial charge in [-0.1, -0.05) is 13.8 Å². The van der Waals surface area contributed by atoms with Crippen molar-refractivity contribution >= 4 is 0 Å². The summed E-state index contributed by atoms with van der Waals surface area (Å²) in [6.07, 6.45) is 8.54. The summed E-state index contributed by atoms with van der Waals surface area (Å²) in [6, 6.07) is 0. The molecule has 3 N–H and O–H groups in total. The van der Waals surface area contributed by atoms with Crippen LogP contribution in [0.5, 0.6) is 0 Å². The molecule has 4 aliphatic rings. The van der Waals surface area contributed by atoms with Crippen molar-refractivity contribution in [1.29, 1.82) is 0 Å². The van der Waals surface area contributed by atoms with Gasteiger partial charge in [0.1, 0.15) is 0 Å². The fourth-order valence-electron chi connectivity index (χ4n) is 7.85. The molecule has 3 nitrogen and oxygen atoms in total. The van der Waals surface area contributed by atoms with Crippen LogP contribution < -0.4 is 0 Å². The van der Waals surface area contributed by atoms with E-state index in [4.69, 9.17) is 0 Å². The van der Waals surface area contributed by atoms with Gasteiger partial charge < -0.3 is 15.3 Å². The molecule has 0 heterocycles. The van der Waals surface area contributed by atoms with Gasteiger partial charge in [-0.15, -0.1) is 0 Å². The monoisotopic (exact) mass is 336 g/mol. The fraction of sp³-hybridized carbons (Fsp3) is 1.00. The van der Waals surface area contributed by atoms with Gasteiger partial charge in [0.15, 0.2) is 0 Å². The van der Waals surface area contributed by atoms with Crippen molar-refractivity contribution in [2.75, 3.05) is 6.61 Å². The Morgan fingerprint density at radius 2 is 1.67 bits per heavy atom. The highest BCUT2D eigenvalue weighted by Crippen LogP contribution is 2.68. The minimum atomic E-state index is -0.503. The lowest BCUT2D eigenvalue weighted by Crippen LogP contribution is -2.57. The number of aliphatic hydroxyl groups excluding tert-OH is 2. The maximum atomic E-state index is 11.0. The lowest BCUT2D eigenvalue weighted by Gasteiger charge is -2.62. The van der Waals surface area contributed by atoms with Crippen LogP contribution in [-0.2, 0) is 0 Å². The van der Waals surface area contributed by atoms with Gasteiger partial charge in [-0.3, -0.25) is 0 Å². The topological polar surface area (TPSA) is 60.7 Å². The van der Waals surface area contributed by atoms with Gasteiger partial charge in [0.25, 0.3) is 0 Å². The molecule has 0 aromatic heterocycles. The second-order valence-corrected chi connectivity index (χ2v) is 10.4. The SMILES string of the molecule is C[C@]12C[C@H](CO)[C@H](O)C[C@H]1CC[C@@H]1[C@@H]2CC[C@@]2(C)[C@H]1CC[C@]2(C)O. The average Bonchev–Trinajstić information content (AvgIpc) is 2.77. The second-order valence-electron chi connectivity index (χ2n) is 10.4. The third-order valence-corrected chi connectivity index (χ3v) is 9.63. The lowest BCUT2D eigenvalue weighted by molar-refractivity contribution is -0.166. The molecule has 0 unspecified atom stereocenters. The van der Waals surface area contributed by atoms with Crippen LogP contribution in [0.3, 0.4) is 0 Å². The van der Waals surface area contributed by atoms with Crippen LogP contribution in [0, 0.1) is 40.4 Å². The molecule has 4 saturated carbocycles. The highest BCUT2D eigenvalue weighted by atomic mass is 16.3. The third kappa shape index (κ3) is 2.13. The van der Waals surface area contributed by atoms with E-state index in [1.54, 1.807) is 0 Å². The van der Waals surface area contributed by atoms with Crippen LogP contribution in [0.25, 0.3) is 0 Å². The summed E-state index contributed by atoms with van der Waals surface area (Å²) in [5.74, 6) is 2.77. The molecule has 4 rings (SSSR count). The van der Waals surface area contributed by atoms with Crippen molar-refractivity contribution in [3.05, 3.63) is 0 Å². The third-order valence-electron chi connectivity index (χ3n) is 9.63. The molecule has 24 heavy (non-hydrogen) atoms. The molecule has 4 aliphatic carbocycles. The zero-order valence-corrected chi connectivity index (χ0v) is 15.7. The molecule has 0 aromatic carbocycles. The minimum absolute atomic E-state index is 0.0602. The fourth-order valence-corrected chi connectivity index (χ4v) is 7.85. The predicted molar refractivity (Wildman–Crippen MR) is 94.3 cm³/mol. The molecule has 0 radical (unpaired) electrons. The number of hydrogen-bond donors (Lipinski definition) is 3. The largest absolute Gasteiger partial charge is 0.396 e. The highest BCUT2D eigenvalue weighted by molar-refractivity contribution is 5.13. The van der Waals surface area contributed by atoms with Crippen molar-refractivity contribution in [2.24, 2.45) is 40.4 Å². The van der Waals surface area contributed by atoms with Crippen molar-refractivity contribution in [3.63, 3.8) is 0 Å². The van der Waals surface area contributed by atoms with Gasteiger partial charge in [0.2, 0.25) is 0 Å². The maximum absolute atomic E-state index is 11.0. The van der Waals surface area contributed by atoms with Gasteiger partial charge in [-0.2, -0.15) is 0 Å². The lowest BCUT2D eigenvalue weighted by atomic mass is 9.43. The summed E-state index contributed by atoms with van der Waals surface area (Å²) in [5, 5.41) is 31.1. The van der Waals surface area contributed by atoms with Gasteiger partial charge in [0.05, 0.1) is 11.7 Å². The molecule has 0 spiro atoms.